The molecule has 4 heteroatoms. The maximum absolute atomic E-state index is 12.8. The van der Waals surface area contributed by atoms with Crippen LogP contribution in [0.25, 0.3) is 0 Å². The van der Waals surface area contributed by atoms with Crippen LogP contribution in [0.3, 0.4) is 0 Å². The summed E-state index contributed by atoms with van der Waals surface area (Å²) in [7, 11) is 6.15. The smallest absolute Gasteiger partial charge is 0.123 e. The highest BCUT2D eigenvalue weighted by Crippen LogP contribution is 2.11. The molecule has 0 radical (unpaired) electrons. The average Bonchev–Trinajstić information content (AvgIpc) is 2.27. The van der Waals surface area contributed by atoms with Crippen LogP contribution < -0.4 is 5.73 Å². The monoisotopic (exact) mass is 239 g/mol. The molecule has 1 atom stereocenters. The van der Waals surface area contributed by atoms with E-state index in [1.165, 1.54) is 12.1 Å². The van der Waals surface area contributed by atoms with Gasteiger partial charge in [0.2, 0.25) is 0 Å². The number of rotatable bonds is 6. The SMILES string of the molecule is CN(C)CCN(C)CC(N)c1ccc(F)cc1. The molecule has 0 aliphatic rings. The third-order valence-corrected chi connectivity index (χ3v) is 2.74. The Morgan fingerprint density at radius 2 is 1.71 bits per heavy atom. The van der Waals surface area contributed by atoms with Crippen LogP contribution in [0.1, 0.15) is 11.6 Å². The normalized spacial score (nSPS) is 13.4. The first kappa shape index (κ1) is 14.1. The van der Waals surface area contributed by atoms with Gasteiger partial charge in [-0.25, -0.2) is 4.39 Å². The van der Waals surface area contributed by atoms with Gasteiger partial charge in [0, 0.05) is 25.7 Å². The van der Waals surface area contributed by atoms with Crippen molar-refractivity contribution in [2.45, 2.75) is 6.04 Å². The van der Waals surface area contributed by atoms with Gasteiger partial charge in [0.05, 0.1) is 0 Å². The zero-order valence-electron chi connectivity index (χ0n) is 10.9. The van der Waals surface area contributed by atoms with Gasteiger partial charge >= 0.3 is 0 Å². The first-order valence-corrected chi connectivity index (χ1v) is 5.83. The molecule has 2 N–H and O–H groups in total. The highest BCUT2D eigenvalue weighted by Gasteiger charge is 2.09. The second-order valence-electron chi connectivity index (χ2n) is 4.72. The summed E-state index contributed by atoms with van der Waals surface area (Å²) in [6, 6.07) is 6.34. The molecule has 0 bridgehead atoms. The molecule has 0 aliphatic heterocycles. The van der Waals surface area contributed by atoms with E-state index in [2.05, 4.69) is 9.80 Å². The third kappa shape index (κ3) is 5.26. The maximum atomic E-state index is 12.8. The molecule has 1 rings (SSSR count). The van der Waals surface area contributed by atoms with Crippen LogP contribution >= 0.6 is 0 Å². The predicted molar refractivity (Wildman–Crippen MR) is 69.4 cm³/mol. The Hall–Kier alpha value is -0.970. The fourth-order valence-electron chi connectivity index (χ4n) is 1.61. The minimum absolute atomic E-state index is 0.0669. The van der Waals surface area contributed by atoms with E-state index in [4.69, 9.17) is 5.73 Å². The van der Waals surface area contributed by atoms with E-state index in [1.807, 2.05) is 21.1 Å². The van der Waals surface area contributed by atoms with E-state index in [1.54, 1.807) is 12.1 Å². The van der Waals surface area contributed by atoms with E-state index in [0.29, 0.717) is 0 Å². The Balaban J connectivity index is 2.42. The molecular formula is C13H22FN3. The van der Waals surface area contributed by atoms with Crippen molar-refractivity contribution in [3.05, 3.63) is 35.6 Å². The first-order chi connectivity index (χ1) is 7.99. The molecule has 3 nitrogen and oxygen atoms in total. The standard InChI is InChI=1S/C13H22FN3/c1-16(2)8-9-17(3)10-13(15)11-4-6-12(14)7-5-11/h4-7,13H,8-10,15H2,1-3H3. The van der Waals surface area contributed by atoms with Crippen molar-refractivity contribution in [1.29, 1.82) is 0 Å². The summed E-state index contributed by atoms with van der Waals surface area (Å²) in [4.78, 5) is 4.33. The van der Waals surface area contributed by atoms with Crippen molar-refractivity contribution in [2.75, 3.05) is 40.8 Å². The van der Waals surface area contributed by atoms with Crippen LogP contribution in [-0.2, 0) is 0 Å². The van der Waals surface area contributed by atoms with Gasteiger partial charge in [0.1, 0.15) is 5.82 Å². The van der Waals surface area contributed by atoms with Crippen LogP contribution in [0.4, 0.5) is 4.39 Å². The van der Waals surface area contributed by atoms with E-state index < -0.39 is 0 Å². The lowest BCUT2D eigenvalue weighted by atomic mass is 10.1. The van der Waals surface area contributed by atoms with Gasteiger partial charge < -0.3 is 15.5 Å². The number of benzene rings is 1. The average molecular weight is 239 g/mol. The molecule has 0 aliphatic carbocycles. The fraction of sp³-hybridized carbons (Fsp3) is 0.538. The van der Waals surface area contributed by atoms with Crippen LogP contribution in [0, 0.1) is 5.82 Å². The summed E-state index contributed by atoms with van der Waals surface area (Å²) in [6.45, 7) is 2.76. The van der Waals surface area contributed by atoms with E-state index in [9.17, 15) is 4.39 Å². The van der Waals surface area contributed by atoms with Gasteiger partial charge in [-0.05, 0) is 38.8 Å². The number of halogens is 1. The predicted octanol–water partition coefficient (Wildman–Crippen LogP) is 1.32. The third-order valence-electron chi connectivity index (χ3n) is 2.74. The van der Waals surface area contributed by atoms with Crippen molar-refractivity contribution >= 4 is 0 Å². The van der Waals surface area contributed by atoms with Crippen LogP contribution in [0.15, 0.2) is 24.3 Å². The summed E-state index contributed by atoms with van der Waals surface area (Å²) in [5, 5.41) is 0. The Morgan fingerprint density at radius 3 is 2.24 bits per heavy atom. The van der Waals surface area contributed by atoms with Crippen molar-refractivity contribution in [3.63, 3.8) is 0 Å². The summed E-state index contributed by atoms with van der Waals surface area (Å²) < 4.78 is 12.8. The minimum Gasteiger partial charge on any atom is -0.323 e. The van der Waals surface area contributed by atoms with Crippen LogP contribution in [-0.4, -0.2) is 50.6 Å². The number of nitrogens with two attached hydrogens (primary N) is 1. The number of likely N-dealkylation sites (N-methyl/N-ethyl adjacent to an activating group) is 2. The topological polar surface area (TPSA) is 32.5 Å². The Bertz CT molecular complexity index is 324. The largest absolute Gasteiger partial charge is 0.323 e. The Morgan fingerprint density at radius 1 is 1.12 bits per heavy atom. The number of nitrogens with zero attached hydrogens (tertiary/aromatic N) is 2. The molecule has 0 fully saturated rings. The molecule has 96 valence electrons. The molecule has 0 amide bonds. The number of hydrogen-bond acceptors (Lipinski definition) is 3. The molecule has 0 aromatic heterocycles. The molecule has 1 unspecified atom stereocenters. The second-order valence-corrected chi connectivity index (χ2v) is 4.72. The Labute approximate surface area is 103 Å². The minimum atomic E-state index is -0.220. The lowest BCUT2D eigenvalue weighted by Gasteiger charge is -2.23. The van der Waals surface area contributed by atoms with Crippen molar-refractivity contribution in [3.8, 4) is 0 Å². The highest BCUT2D eigenvalue weighted by atomic mass is 19.1. The molecule has 17 heavy (non-hydrogen) atoms. The molecular weight excluding hydrogens is 217 g/mol. The molecule has 1 aromatic rings. The number of hydrogen-bond donors (Lipinski definition) is 1. The van der Waals surface area contributed by atoms with Gasteiger partial charge in [-0.1, -0.05) is 12.1 Å². The van der Waals surface area contributed by atoms with Gasteiger partial charge in [-0.15, -0.1) is 0 Å². The first-order valence-electron chi connectivity index (χ1n) is 5.83. The lowest BCUT2D eigenvalue weighted by Crippen LogP contribution is -2.34. The molecule has 0 heterocycles. The lowest BCUT2D eigenvalue weighted by molar-refractivity contribution is 0.269. The summed E-state index contributed by atoms with van der Waals surface area (Å²) >= 11 is 0. The van der Waals surface area contributed by atoms with Gasteiger partial charge in [-0.3, -0.25) is 0 Å². The summed E-state index contributed by atoms with van der Waals surface area (Å²) in [5.74, 6) is -0.220. The highest BCUT2D eigenvalue weighted by molar-refractivity contribution is 5.19. The fourth-order valence-corrected chi connectivity index (χ4v) is 1.61. The maximum Gasteiger partial charge on any atom is 0.123 e. The van der Waals surface area contributed by atoms with Crippen LogP contribution in [0.5, 0.6) is 0 Å². The van der Waals surface area contributed by atoms with E-state index in [-0.39, 0.29) is 11.9 Å². The molecule has 0 saturated heterocycles. The van der Waals surface area contributed by atoms with Gasteiger partial charge in [0.15, 0.2) is 0 Å². The van der Waals surface area contributed by atoms with Gasteiger partial charge in [-0.2, -0.15) is 0 Å². The van der Waals surface area contributed by atoms with Gasteiger partial charge in [0.25, 0.3) is 0 Å². The molecule has 0 spiro atoms. The quantitative estimate of drug-likeness (QED) is 0.812. The zero-order valence-corrected chi connectivity index (χ0v) is 10.9. The van der Waals surface area contributed by atoms with Crippen molar-refractivity contribution < 1.29 is 4.39 Å². The molecule has 1 aromatic carbocycles. The summed E-state index contributed by atoms with van der Waals surface area (Å²) in [5.41, 5.74) is 7.05. The Kier molecular flexibility index (Phi) is 5.55. The second kappa shape index (κ2) is 6.69. The summed E-state index contributed by atoms with van der Waals surface area (Å²) in [6.07, 6.45) is 0. The van der Waals surface area contributed by atoms with Crippen molar-refractivity contribution in [1.82, 2.24) is 9.80 Å². The zero-order chi connectivity index (χ0) is 12.8. The van der Waals surface area contributed by atoms with E-state index in [0.717, 1.165) is 25.2 Å². The van der Waals surface area contributed by atoms with Crippen LogP contribution in [0.2, 0.25) is 0 Å². The van der Waals surface area contributed by atoms with Crippen molar-refractivity contribution in [2.24, 2.45) is 5.73 Å². The molecule has 0 saturated carbocycles. The van der Waals surface area contributed by atoms with E-state index >= 15 is 0 Å².